The van der Waals surface area contributed by atoms with Gasteiger partial charge in [0.05, 0.1) is 0 Å². The normalized spacial score (nSPS) is 18.1. The molecule has 39 heavy (non-hydrogen) atoms. The molecule has 0 aromatic heterocycles. The third kappa shape index (κ3) is 11.0. The first-order valence-corrected chi connectivity index (χ1v) is 15.4. The van der Waals surface area contributed by atoms with E-state index in [2.05, 4.69) is 60.7 Å². The Morgan fingerprint density at radius 1 is 1.08 bits per heavy atom. The Bertz CT molecular complexity index is 894. The first-order chi connectivity index (χ1) is 18.7. The zero-order valence-corrected chi connectivity index (χ0v) is 25.3. The number of hydrogen-bond donors (Lipinski definition) is 4. The maximum absolute atomic E-state index is 13.0. The molecule has 0 aliphatic carbocycles. The molecule has 0 radical (unpaired) electrons. The molecule has 1 saturated heterocycles. The lowest BCUT2D eigenvalue weighted by Gasteiger charge is -2.26. The molecule has 1 aliphatic rings. The maximum atomic E-state index is 13.0. The zero-order valence-electron chi connectivity index (χ0n) is 24.5. The van der Waals surface area contributed by atoms with Gasteiger partial charge in [-0.25, -0.2) is 0 Å². The number of anilines is 1. The molecule has 9 nitrogen and oxygen atoms in total. The molecule has 1 aromatic carbocycles. The zero-order chi connectivity index (χ0) is 28.8. The number of likely N-dealkylation sites (N-methyl/N-ethyl adjacent to an activating group) is 2. The third-order valence-electron chi connectivity index (χ3n) is 7.10. The van der Waals surface area contributed by atoms with E-state index < -0.39 is 6.04 Å². The Labute approximate surface area is 239 Å². The molecule has 1 unspecified atom stereocenters. The number of benzene rings is 1. The van der Waals surface area contributed by atoms with Crippen molar-refractivity contribution in [1.82, 2.24) is 20.4 Å². The number of amides is 3. The summed E-state index contributed by atoms with van der Waals surface area (Å²) in [5.41, 5.74) is 8.39. The number of nitrogens with zero attached hydrogens (tertiary/aromatic N) is 2. The van der Waals surface area contributed by atoms with E-state index >= 15 is 0 Å². The fraction of sp³-hybridized carbons (Fsp3) is 0.690. The smallest absolute Gasteiger partial charge is 0.239 e. The molecule has 3 atom stereocenters. The number of thioether (sulfide) groups is 1. The van der Waals surface area contributed by atoms with Crippen molar-refractivity contribution in [3.8, 4) is 0 Å². The van der Waals surface area contributed by atoms with Crippen molar-refractivity contribution in [3.63, 3.8) is 0 Å². The van der Waals surface area contributed by atoms with Crippen LogP contribution < -0.4 is 21.7 Å². The largest absolute Gasteiger partial charge is 0.383 e. The maximum Gasteiger partial charge on any atom is 0.239 e. The number of carbonyl (C=O) groups is 3. The van der Waals surface area contributed by atoms with Crippen LogP contribution in [0.5, 0.6) is 0 Å². The van der Waals surface area contributed by atoms with Crippen LogP contribution in [0.4, 0.5) is 5.69 Å². The summed E-state index contributed by atoms with van der Waals surface area (Å²) in [6.45, 7) is 15.5. The fourth-order valence-electron chi connectivity index (χ4n) is 4.53. The van der Waals surface area contributed by atoms with Gasteiger partial charge in [-0.05, 0) is 62.9 Å². The Morgan fingerprint density at radius 3 is 2.38 bits per heavy atom. The third-order valence-corrected chi connectivity index (χ3v) is 8.62. The van der Waals surface area contributed by atoms with Gasteiger partial charge in [0.2, 0.25) is 17.7 Å². The second kappa shape index (κ2) is 17.4. The van der Waals surface area contributed by atoms with Gasteiger partial charge in [0.1, 0.15) is 16.7 Å². The number of nitrogens with one attached hydrogen (secondary N) is 3. The van der Waals surface area contributed by atoms with E-state index in [0.717, 1.165) is 44.6 Å². The van der Waals surface area contributed by atoms with E-state index in [9.17, 15) is 14.4 Å². The average Bonchev–Trinajstić information content (AvgIpc) is 3.24. The van der Waals surface area contributed by atoms with Crippen LogP contribution in [0, 0.1) is 5.92 Å². The van der Waals surface area contributed by atoms with Crippen LogP contribution in [0.25, 0.3) is 0 Å². The van der Waals surface area contributed by atoms with Crippen molar-refractivity contribution >= 4 is 35.2 Å². The molecule has 3 amide bonds. The topological polar surface area (TPSA) is 120 Å². The number of carbonyl (C=O) groups excluding carboxylic acids is 3. The SMILES string of the molecule is CCN(CC)CCNC(=O)CCCc1ccc(NC[C@H]2SC([C@H](N)C(=O)NCCC(C)C)N(CC)C2=O)cc1. The second-order valence-electron chi connectivity index (χ2n) is 10.4. The molecular formula is C29H50N6O3S. The minimum Gasteiger partial charge on any atom is -0.383 e. The van der Waals surface area contributed by atoms with Gasteiger partial charge in [0.25, 0.3) is 0 Å². The van der Waals surface area contributed by atoms with E-state index in [4.69, 9.17) is 5.73 Å². The van der Waals surface area contributed by atoms with Gasteiger partial charge in [0, 0.05) is 44.8 Å². The van der Waals surface area contributed by atoms with E-state index in [-0.39, 0.29) is 28.3 Å². The van der Waals surface area contributed by atoms with Crippen LogP contribution in [-0.4, -0.2) is 90.0 Å². The van der Waals surface area contributed by atoms with Crippen LogP contribution in [0.15, 0.2) is 24.3 Å². The monoisotopic (exact) mass is 562 g/mol. The quantitative estimate of drug-likeness (QED) is 0.217. The molecule has 1 aromatic rings. The highest BCUT2D eigenvalue weighted by atomic mass is 32.2. The summed E-state index contributed by atoms with van der Waals surface area (Å²) in [7, 11) is 0. The number of nitrogens with two attached hydrogens (primary N) is 1. The minimum atomic E-state index is -0.764. The van der Waals surface area contributed by atoms with Gasteiger partial charge in [-0.1, -0.05) is 39.8 Å². The van der Waals surface area contributed by atoms with Gasteiger partial charge in [0.15, 0.2) is 0 Å². The fourth-order valence-corrected chi connectivity index (χ4v) is 5.99. The molecule has 10 heteroatoms. The minimum absolute atomic E-state index is 0.0115. The lowest BCUT2D eigenvalue weighted by molar-refractivity contribution is -0.131. The Balaban J connectivity index is 1.76. The van der Waals surface area contributed by atoms with Crippen molar-refractivity contribution in [1.29, 1.82) is 0 Å². The van der Waals surface area contributed by atoms with Crippen LogP contribution in [0.2, 0.25) is 0 Å². The average molecular weight is 563 g/mol. The van der Waals surface area contributed by atoms with Gasteiger partial charge in [-0.3, -0.25) is 14.4 Å². The van der Waals surface area contributed by atoms with E-state index in [1.165, 1.54) is 17.3 Å². The molecule has 2 rings (SSSR count). The second-order valence-corrected chi connectivity index (χ2v) is 11.8. The summed E-state index contributed by atoms with van der Waals surface area (Å²) in [6.07, 6.45) is 3.05. The van der Waals surface area contributed by atoms with Crippen LogP contribution in [0.1, 0.15) is 59.4 Å². The van der Waals surface area contributed by atoms with Gasteiger partial charge < -0.3 is 31.5 Å². The van der Waals surface area contributed by atoms with Crippen molar-refractivity contribution in [2.75, 3.05) is 51.1 Å². The highest BCUT2D eigenvalue weighted by Gasteiger charge is 2.44. The predicted molar refractivity (Wildman–Crippen MR) is 162 cm³/mol. The first-order valence-electron chi connectivity index (χ1n) is 14.5. The number of hydrogen-bond acceptors (Lipinski definition) is 7. The van der Waals surface area contributed by atoms with Crippen molar-refractivity contribution in [3.05, 3.63) is 29.8 Å². The van der Waals surface area contributed by atoms with E-state index in [1.54, 1.807) is 4.90 Å². The van der Waals surface area contributed by atoms with E-state index in [0.29, 0.717) is 38.5 Å². The van der Waals surface area contributed by atoms with Crippen molar-refractivity contribution in [2.24, 2.45) is 11.7 Å². The van der Waals surface area contributed by atoms with Gasteiger partial charge in [-0.2, -0.15) is 0 Å². The molecule has 220 valence electrons. The highest BCUT2D eigenvalue weighted by molar-refractivity contribution is 8.01. The highest BCUT2D eigenvalue weighted by Crippen LogP contribution is 2.33. The summed E-state index contributed by atoms with van der Waals surface area (Å²) in [5, 5.41) is 8.61. The standard InChI is InChI=1S/C29H50N6O3S/c1-6-34(7-2)19-18-31-25(36)11-9-10-22-12-14-23(15-13-22)33-20-24-28(38)35(8-3)29(39-24)26(30)27(37)32-17-16-21(4)5/h12-15,21,24,26,29,33H,6-11,16-20,30H2,1-5H3,(H,31,36)(H,32,37)/t24-,26-,29?/m1/s1. The summed E-state index contributed by atoms with van der Waals surface area (Å²) in [5.74, 6) is 0.407. The van der Waals surface area contributed by atoms with Gasteiger partial charge in [-0.15, -0.1) is 11.8 Å². The predicted octanol–water partition coefficient (Wildman–Crippen LogP) is 2.66. The van der Waals surface area contributed by atoms with Crippen LogP contribution in [-0.2, 0) is 20.8 Å². The van der Waals surface area contributed by atoms with Gasteiger partial charge >= 0.3 is 0 Å². The molecule has 5 N–H and O–H groups in total. The molecule has 0 bridgehead atoms. The molecular weight excluding hydrogens is 512 g/mol. The van der Waals surface area contributed by atoms with Crippen LogP contribution in [0.3, 0.4) is 0 Å². The Morgan fingerprint density at radius 2 is 1.77 bits per heavy atom. The summed E-state index contributed by atoms with van der Waals surface area (Å²) in [6, 6.07) is 7.37. The van der Waals surface area contributed by atoms with Crippen molar-refractivity contribution < 1.29 is 14.4 Å². The molecule has 1 fully saturated rings. The summed E-state index contributed by atoms with van der Waals surface area (Å²) >= 11 is 1.46. The molecule has 0 spiro atoms. The Kier molecular flexibility index (Phi) is 14.7. The lowest BCUT2D eigenvalue weighted by atomic mass is 10.1. The Hall–Kier alpha value is -2.30. The first kappa shape index (κ1) is 32.9. The molecule has 1 heterocycles. The van der Waals surface area contributed by atoms with E-state index in [1.807, 2.05) is 19.1 Å². The summed E-state index contributed by atoms with van der Waals surface area (Å²) in [4.78, 5) is 41.7. The molecule has 0 saturated carbocycles. The number of rotatable bonds is 18. The lowest BCUT2D eigenvalue weighted by Crippen LogP contribution is -2.52. The molecule has 1 aliphatic heterocycles. The van der Waals surface area contributed by atoms with Crippen LogP contribution >= 0.6 is 11.8 Å². The van der Waals surface area contributed by atoms with Crippen molar-refractivity contribution in [2.45, 2.75) is 77.0 Å². The summed E-state index contributed by atoms with van der Waals surface area (Å²) < 4.78 is 0. The number of aryl methyl sites for hydroxylation is 1.